The molecular formula is C22H27BrN2O3. The fourth-order valence-corrected chi connectivity index (χ4v) is 3.86. The van der Waals surface area contributed by atoms with Crippen molar-refractivity contribution in [1.29, 1.82) is 0 Å². The molecule has 1 saturated heterocycles. The van der Waals surface area contributed by atoms with Gasteiger partial charge in [0.2, 0.25) is 0 Å². The summed E-state index contributed by atoms with van der Waals surface area (Å²) in [5, 5.41) is 2.91. The number of carbonyl (C=O) groups excluding carboxylic acids is 1. The molecule has 2 aromatic carbocycles. The second-order valence-electron chi connectivity index (χ2n) is 7.30. The van der Waals surface area contributed by atoms with Crippen molar-refractivity contribution >= 4 is 33.2 Å². The van der Waals surface area contributed by atoms with Gasteiger partial charge in [-0.25, -0.2) is 0 Å². The van der Waals surface area contributed by atoms with Crippen LogP contribution < -0.4 is 15.0 Å². The summed E-state index contributed by atoms with van der Waals surface area (Å²) in [5.41, 5.74) is 4.07. The Labute approximate surface area is 175 Å². The summed E-state index contributed by atoms with van der Waals surface area (Å²) in [7, 11) is 0. The predicted molar refractivity (Wildman–Crippen MR) is 117 cm³/mol. The van der Waals surface area contributed by atoms with Crippen LogP contribution in [0.5, 0.6) is 5.75 Å². The van der Waals surface area contributed by atoms with Crippen LogP contribution in [0.1, 0.15) is 30.9 Å². The van der Waals surface area contributed by atoms with Crippen molar-refractivity contribution < 1.29 is 14.3 Å². The molecule has 0 saturated carbocycles. The molecular weight excluding hydrogens is 420 g/mol. The van der Waals surface area contributed by atoms with E-state index in [9.17, 15) is 4.79 Å². The summed E-state index contributed by atoms with van der Waals surface area (Å²) in [4.78, 5) is 14.6. The number of halogens is 1. The van der Waals surface area contributed by atoms with E-state index in [1.807, 2.05) is 31.2 Å². The first-order valence-electron chi connectivity index (χ1n) is 9.59. The standard InChI is InChI=1S/C22H27BrN2O3/c1-15(2)18-6-4-16(3)12-21(18)28-14-22(26)24-17-5-7-20(19(23)13-17)25-8-10-27-11-9-25/h4-7,12-13,15H,8-11,14H2,1-3H3,(H,24,26). The van der Waals surface area contributed by atoms with Gasteiger partial charge < -0.3 is 19.7 Å². The number of amides is 1. The Balaban J connectivity index is 1.61. The minimum Gasteiger partial charge on any atom is -0.483 e. The molecule has 0 bridgehead atoms. The molecule has 1 fully saturated rings. The first-order valence-corrected chi connectivity index (χ1v) is 10.4. The predicted octanol–water partition coefficient (Wildman–Crippen LogP) is 4.74. The Morgan fingerprint density at radius 1 is 1.21 bits per heavy atom. The van der Waals surface area contributed by atoms with Crippen LogP contribution in [0.2, 0.25) is 0 Å². The molecule has 1 amide bonds. The van der Waals surface area contributed by atoms with Crippen molar-refractivity contribution in [2.75, 3.05) is 43.1 Å². The quantitative estimate of drug-likeness (QED) is 0.696. The van der Waals surface area contributed by atoms with Gasteiger partial charge in [-0.2, -0.15) is 0 Å². The first-order chi connectivity index (χ1) is 13.4. The van der Waals surface area contributed by atoms with E-state index in [2.05, 4.69) is 52.1 Å². The van der Waals surface area contributed by atoms with Crippen LogP contribution in [-0.2, 0) is 9.53 Å². The number of ether oxygens (including phenoxy) is 2. The fraction of sp³-hybridized carbons (Fsp3) is 0.409. The molecule has 0 aromatic heterocycles. The highest BCUT2D eigenvalue weighted by atomic mass is 79.9. The summed E-state index contributed by atoms with van der Waals surface area (Å²) >= 11 is 3.62. The Morgan fingerprint density at radius 3 is 2.64 bits per heavy atom. The molecule has 150 valence electrons. The number of benzene rings is 2. The molecule has 3 rings (SSSR count). The van der Waals surface area contributed by atoms with Crippen molar-refractivity contribution in [2.24, 2.45) is 0 Å². The van der Waals surface area contributed by atoms with Crippen LogP contribution in [0, 0.1) is 6.92 Å². The Kier molecular flexibility index (Phi) is 6.97. The molecule has 1 aliphatic heterocycles. The normalized spacial score (nSPS) is 14.2. The van der Waals surface area contributed by atoms with E-state index in [0.29, 0.717) is 5.92 Å². The maximum Gasteiger partial charge on any atom is 0.262 e. The molecule has 0 aliphatic carbocycles. The summed E-state index contributed by atoms with van der Waals surface area (Å²) in [6.45, 7) is 9.44. The largest absolute Gasteiger partial charge is 0.483 e. The third kappa shape index (κ3) is 5.26. The van der Waals surface area contributed by atoms with Gasteiger partial charge in [-0.3, -0.25) is 4.79 Å². The lowest BCUT2D eigenvalue weighted by Crippen LogP contribution is -2.36. The van der Waals surface area contributed by atoms with Gasteiger partial charge in [-0.1, -0.05) is 26.0 Å². The van der Waals surface area contributed by atoms with E-state index in [1.54, 1.807) is 0 Å². The van der Waals surface area contributed by atoms with Crippen molar-refractivity contribution in [1.82, 2.24) is 0 Å². The molecule has 1 aliphatic rings. The van der Waals surface area contributed by atoms with Gasteiger partial charge >= 0.3 is 0 Å². The monoisotopic (exact) mass is 446 g/mol. The summed E-state index contributed by atoms with van der Waals surface area (Å²) in [6.07, 6.45) is 0. The second-order valence-corrected chi connectivity index (χ2v) is 8.15. The zero-order valence-corrected chi connectivity index (χ0v) is 18.2. The van der Waals surface area contributed by atoms with E-state index in [1.165, 1.54) is 0 Å². The number of nitrogens with one attached hydrogen (secondary N) is 1. The maximum atomic E-state index is 12.4. The third-order valence-electron chi connectivity index (χ3n) is 4.73. The molecule has 1 N–H and O–H groups in total. The first kappa shape index (κ1) is 20.7. The van der Waals surface area contributed by atoms with Crippen LogP contribution in [0.25, 0.3) is 0 Å². The van der Waals surface area contributed by atoms with Gasteiger partial charge in [0.15, 0.2) is 6.61 Å². The van der Waals surface area contributed by atoms with Gasteiger partial charge in [0.05, 0.1) is 18.9 Å². The summed E-state index contributed by atoms with van der Waals surface area (Å²) in [5.74, 6) is 0.929. The number of hydrogen-bond donors (Lipinski definition) is 1. The summed E-state index contributed by atoms with van der Waals surface area (Å²) in [6, 6.07) is 12.0. The Morgan fingerprint density at radius 2 is 1.96 bits per heavy atom. The maximum absolute atomic E-state index is 12.4. The van der Waals surface area contributed by atoms with Crippen molar-refractivity contribution in [3.63, 3.8) is 0 Å². The van der Waals surface area contributed by atoms with Gasteiger partial charge in [0.1, 0.15) is 5.75 Å². The highest BCUT2D eigenvalue weighted by molar-refractivity contribution is 9.10. The molecule has 0 spiro atoms. The zero-order valence-electron chi connectivity index (χ0n) is 16.6. The minimum absolute atomic E-state index is 0.0218. The molecule has 1 heterocycles. The van der Waals surface area contributed by atoms with E-state index in [0.717, 1.165) is 59.0 Å². The van der Waals surface area contributed by atoms with Crippen LogP contribution >= 0.6 is 15.9 Å². The number of anilines is 2. The van der Waals surface area contributed by atoms with Crippen molar-refractivity contribution in [3.05, 3.63) is 52.0 Å². The van der Waals surface area contributed by atoms with Crippen molar-refractivity contribution in [2.45, 2.75) is 26.7 Å². The van der Waals surface area contributed by atoms with Crippen LogP contribution in [0.4, 0.5) is 11.4 Å². The average molecular weight is 447 g/mol. The fourth-order valence-electron chi connectivity index (χ4n) is 3.23. The SMILES string of the molecule is Cc1ccc(C(C)C)c(OCC(=O)Nc2ccc(N3CCOCC3)c(Br)c2)c1. The van der Waals surface area contributed by atoms with Crippen molar-refractivity contribution in [3.8, 4) is 5.75 Å². The number of hydrogen-bond acceptors (Lipinski definition) is 4. The van der Waals surface area contributed by atoms with E-state index in [4.69, 9.17) is 9.47 Å². The average Bonchev–Trinajstić information content (AvgIpc) is 2.67. The highest BCUT2D eigenvalue weighted by Gasteiger charge is 2.15. The van der Waals surface area contributed by atoms with E-state index >= 15 is 0 Å². The smallest absolute Gasteiger partial charge is 0.262 e. The lowest BCUT2D eigenvalue weighted by molar-refractivity contribution is -0.118. The molecule has 0 atom stereocenters. The Bertz CT molecular complexity index is 833. The molecule has 0 unspecified atom stereocenters. The number of carbonyl (C=O) groups is 1. The topological polar surface area (TPSA) is 50.8 Å². The number of nitrogens with zero attached hydrogens (tertiary/aromatic N) is 1. The third-order valence-corrected chi connectivity index (χ3v) is 5.37. The summed E-state index contributed by atoms with van der Waals surface area (Å²) < 4.78 is 12.2. The van der Waals surface area contributed by atoms with Crippen LogP contribution in [0.3, 0.4) is 0 Å². The highest BCUT2D eigenvalue weighted by Crippen LogP contribution is 2.30. The van der Waals surface area contributed by atoms with E-state index < -0.39 is 0 Å². The van der Waals surface area contributed by atoms with Gasteiger partial charge in [0.25, 0.3) is 5.91 Å². The van der Waals surface area contributed by atoms with Crippen LogP contribution in [-0.4, -0.2) is 38.8 Å². The number of aryl methyl sites for hydroxylation is 1. The van der Waals surface area contributed by atoms with Gasteiger partial charge in [-0.15, -0.1) is 0 Å². The number of rotatable bonds is 6. The second kappa shape index (κ2) is 9.43. The molecule has 28 heavy (non-hydrogen) atoms. The van der Waals surface area contributed by atoms with Gasteiger partial charge in [-0.05, 0) is 64.2 Å². The Hall–Kier alpha value is -2.05. The van der Waals surface area contributed by atoms with Gasteiger partial charge in [0, 0.05) is 23.2 Å². The zero-order chi connectivity index (χ0) is 20.1. The molecule has 6 heteroatoms. The minimum atomic E-state index is -0.178. The molecule has 5 nitrogen and oxygen atoms in total. The van der Waals surface area contributed by atoms with Crippen LogP contribution in [0.15, 0.2) is 40.9 Å². The molecule has 0 radical (unpaired) electrons. The van der Waals surface area contributed by atoms with E-state index in [-0.39, 0.29) is 12.5 Å². The lowest BCUT2D eigenvalue weighted by Gasteiger charge is -2.29. The number of morpholine rings is 1. The molecule has 2 aromatic rings. The lowest BCUT2D eigenvalue weighted by atomic mass is 10.0.